The van der Waals surface area contributed by atoms with E-state index >= 15 is 0 Å². The summed E-state index contributed by atoms with van der Waals surface area (Å²) in [7, 11) is 0. The number of carbonyl (C=O) groups is 1. The highest BCUT2D eigenvalue weighted by Crippen LogP contribution is 2.22. The van der Waals surface area contributed by atoms with Crippen LogP contribution in [0.2, 0.25) is 0 Å². The van der Waals surface area contributed by atoms with Crippen LogP contribution in [0, 0.1) is 0 Å². The molecule has 1 atom stereocenters. The molecule has 6 nitrogen and oxygen atoms in total. The molecule has 2 heterocycles. The third-order valence-corrected chi connectivity index (χ3v) is 3.83. The minimum atomic E-state index is -0.930. The first-order valence-electron chi connectivity index (χ1n) is 7.34. The van der Waals surface area contributed by atoms with Crippen LogP contribution >= 0.6 is 0 Å². The van der Waals surface area contributed by atoms with Crippen molar-refractivity contribution in [3.05, 3.63) is 42.2 Å². The second-order valence-electron chi connectivity index (χ2n) is 5.35. The molecule has 0 amide bonds. The molecule has 0 radical (unpaired) electrons. The van der Waals surface area contributed by atoms with E-state index in [1.54, 1.807) is 24.3 Å². The number of aromatic nitrogens is 2. The molecule has 0 aliphatic carbocycles. The van der Waals surface area contributed by atoms with Crippen molar-refractivity contribution in [3.8, 4) is 0 Å². The lowest BCUT2D eigenvalue weighted by molar-refractivity contribution is -0.0590. The van der Waals surface area contributed by atoms with Gasteiger partial charge in [-0.05, 0) is 24.6 Å². The number of nitrogens with one attached hydrogen (secondary N) is 1. The molecule has 0 spiro atoms. The number of aromatic carboxylic acids is 1. The normalized spacial score (nSPS) is 17.4. The zero-order valence-electron chi connectivity index (χ0n) is 12.3. The minimum Gasteiger partial charge on any atom is -0.478 e. The Balaban J connectivity index is 1.97. The predicted molar refractivity (Wildman–Crippen MR) is 83.0 cm³/mol. The molecule has 1 saturated heterocycles. The van der Waals surface area contributed by atoms with E-state index in [2.05, 4.69) is 21.4 Å². The summed E-state index contributed by atoms with van der Waals surface area (Å²) in [6, 6.07) is 5.02. The molecule has 1 aromatic carbocycles. The maximum Gasteiger partial charge on any atom is 0.335 e. The molecule has 3 rings (SSSR count). The van der Waals surface area contributed by atoms with Crippen molar-refractivity contribution in [1.29, 1.82) is 0 Å². The van der Waals surface area contributed by atoms with Crippen LogP contribution in [-0.4, -0.2) is 39.9 Å². The van der Waals surface area contributed by atoms with E-state index in [0.29, 0.717) is 19.6 Å². The van der Waals surface area contributed by atoms with Gasteiger partial charge in [-0.1, -0.05) is 6.08 Å². The van der Waals surface area contributed by atoms with Crippen LogP contribution in [0.3, 0.4) is 0 Å². The Labute approximate surface area is 128 Å². The molecular formula is C16H19N3O3. The lowest BCUT2D eigenvalue weighted by atomic mass is 10.1. The largest absolute Gasteiger partial charge is 0.478 e. The SMILES string of the molecule is C=CCNCc1nc2ccc(C(=O)O)cc2n1C[C@@H]1CCO1. The van der Waals surface area contributed by atoms with Crippen LogP contribution in [0.25, 0.3) is 11.0 Å². The molecule has 1 aliphatic heterocycles. The number of imidazole rings is 1. The smallest absolute Gasteiger partial charge is 0.335 e. The maximum absolute atomic E-state index is 11.2. The third-order valence-electron chi connectivity index (χ3n) is 3.83. The Kier molecular flexibility index (Phi) is 4.22. The number of ether oxygens (including phenoxy) is 1. The van der Waals surface area contributed by atoms with E-state index in [9.17, 15) is 9.90 Å². The number of hydrogen-bond acceptors (Lipinski definition) is 4. The van der Waals surface area contributed by atoms with Crippen LogP contribution in [0.4, 0.5) is 0 Å². The first kappa shape index (κ1) is 14.7. The Hall–Kier alpha value is -2.18. The standard InChI is InChI=1S/C16H19N3O3/c1-2-6-17-9-15-18-13-4-3-11(16(20)21)8-14(13)19(15)10-12-5-7-22-12/h2-4,8,12,17H,1,5-7,9-10H2,(H,20,21)/t12-/m0/s1. The van der Waals surface area contributed by atoms with Gasteiger partial charge in [-0.25, -0.2) is 9.78 Å². The zero-order chi connectivity index (χ0) is 15.5. The first-order valence-corrected chi connectivity index (χ1v) is 7.34. The Morgan fingerprint density at radius 1 is 1.59 bits per heavy atom. The van der Waals surface area contributed by atoms with Crippen LogP contribution < -0.4 is 5.32 Å². The fraction of sp³-hybridized carbons (Fsp3) is 0.375. The van der Waals surface area contributed by atoms with Crippen LogP contribution in [0.1, 0.15) is 22.6 Å². The van der Waals surface area contributed by atoms with E-state index in [-0.39, 0.29) is 11.7 Å². The summed E-state index contributed by atoms with van der Waals surface area (Å²) in [4.78, 5) is 15.8. The monoisotopic (exact) mass is 301 g/mol. The van der Waals surface area contributed by atoms with Gasteiger partial charge < -0.3 is 19.7 Å². The van der Waals surface area contributed by atoms with Crippen LogP contribution in [0.15, 0.2) is 30.9 Å². The van der Waals surface area contributed by atoms with Crippen molar-refractivity contribution in [2.75, 3.05) is 13.2 Å². The molecule has 2 N–H and O–H groups in total. The van der Waals surface area contributed by atoms with Gasteiger partial charge in [0.15, 0.2) is 0 Å². The number of nitrogens with zero attached hydrogens (tertiary/aromatic N) is 2. The number of fused-ring (bicyclic) bond motifs is 1. The van der Waals surface area contributed by atoms with Crippen LogP contribution in [-0.2, 0) is 17.8 Å². The highest BCUT2D eigenvalue weighted by molar-refractivity contribution is 5.92. The van der Waals surface area contributed by atoms with Crippen molar-refractivity contribution in [3.63, 3.8) is 0 Å². The molecule has 0 bridgehead atoms. The predicted octanol–water partition coefficient (Wildman–Crippen LogP) is 1.80. The van der Waals surface area contributed by atoms with Crippen molar-refractivity contribution in [2.45, 2.75) is 25.6 Å². The Morgan fingerprint density at radius 2 is 2.41 bits per heavy atom. The van der Waals surface area contributed by atoms with E-state index < -0.39 is 5.97 Å². The fourth-order valence-corrected chi connectivity index (χ4v) is 2.56. The second-order valence-corrected chi connectivity index (χ2v) is 5.35. The third kappa shape index (κ3) is 2.88. The van der Waals surface area contributed by atoms with Crippen molar-refractivity contribution < 1.29 is 14.6 Å². The summed E-state index contributed by atoms with van der Waals surface area (Å²) in [6.45, 7) is 6.48. The molecule has 1 aromatic heterocycles. The molecular weight excluding hydrogens is 282 g/mol. The highest BCUT2D eigenvalue weighted by Gasteiger charge is 2.22. The first-order chi connectivity index (χ1) is 10.7. The van der Waals surface area contributed by atoms with Crippen molar-refractivity contribution >= 4 is 17.0 Å². The topological polar surface area (TPSA) is 76.4 Å². The van der Waals surface area contributed by atoms with Gasteiger partial charge in [0.1, 0.15) is 5.82 Å². The summed E-state index contributed by atoms with van der Waals surface area (Å²) in [5.74, 6) is -0.0456. The molecule has 0 unspecified atom stereocenters. The van der Waals surface area contributed by atoms with Gasteiger partial charge in [-0.3, -0.25) is 0 Å². The maximum atomic E-state index is 11.2. The van der Waals surface area contributed by atoms with Gasteiger partial charge in [0.25, 0.3) is 0 Å². The van der Waals surface area contributed by atoms with Gasteiger partial charge in [0, 0.05) is 13.2 Å². The lowest BCUT2D eigenvalue weighted by Gasteiger charge is -2.27. The molecule has 116 valence electrons. The van der Waals surface area contributed by atoms with E-state index in [1.807, 2.05) is 0 Å². The van der Waals surface area contributed by atoms with E-state index in [4.69, 9.17) is 4.74 Å². The molecule has 0 saturated carbocycles. The molecule has 1 fully saturated rings. The molecule has 1 aliphatic rings. The number of benzene rings is 1. The highest BCUT2D eigenvalue weighted by atomic mass is 16.5. The van der Waals surface area contributed by atoms with Crippen LogP contribution in [0.5, 0.6) is 0 Å². The summed E-state index contributed by atoms with van der Waals surface area (Å²) >= 11 is 0. The lowest BCUT2D eigenvalue weighted by Crippen LogP contribution is -2.32. The minimum absolute atomic E-state index is 0.184. The van der Waals surface area contributed by atoms with Gasteiger partial charge in [-0.15, -0.1) is 6.58 Å². The molecule has 22 heavy (non-hydrogen) atoms. The number of hydrogen-bond donors (Lipinski definition) is 2. The quantitative estimate of drug-likeness (QED) is 0.602. The summed E-state index contributed by atoms with van der Waals surface area (Å²) in [6.07, 6.45) is 3.01. The number of rotatable bonds is 7. The Morgan fingerprint density at radius 3 is 3.05 bits per heavy atom. The summed E-state index contributed by atoms with van der Waals surface area (Å²) < 4.78 is 7.57. The van der Waals surface area contributed by atoms with Gasteiger partial charge in [-0.2, -0.15) is 0 Å². The van der Waals surface area contributed by atoms with Gasteiger partial charge in [0.2, 0.25) is 0 Å². The zero-order valence-corrected chi connectivity index (χ0v) is 12.3. The number of carboxylic acids is 1. The second kappa shape index (κ2) is 6.29. The van der Waals surface area contributed by atoms with Gasteiger partial charge in [0.05, 0.1) is 35.8 Å². The summed E-state index contributed by atoms with van der Waals surface area (Å²) in [5, 5.41) is 12.4. The summed E-state index contributed by atoms with van der Waals surface area (Å²) in [5.41, 5.74) is 1.92. The molecule has 2 aromatic rings. The molecule has 6 heteroatoms. The fourth-order valence-electron chi connectivity index (χ4n) is 2.56. The van der Waals surface area contributed by atoms with Crippen molar-refractivity contribution in [1.82, 2.24) is 14.9 Å². The van der Waals surface area contributed by atoms with Gasteiger partial charge >= 0.3 is 5.97 Å². The average Bonchev–Trinajstić information content (AvgIpc) is 2.80. The van der Waals surface area contributed by atoms with Crippen molar-refractivity contribution in [2.24, 2.45) is 0 Å². The Bertz CT molecular complexity index is 704. The number of carboxylic acid groups (broad SMARTS) is 1. The average molecular weight is 301 g/mol. The van der Waals surface area contributed by atoms with E-state index in [0.717, 1.165) is 29.9 Å². The van der Waals surface area contributed by atoms with E-state index in [1.165, 1.54) is 0 Å².